The SMILES string of the molecule is CC(C)N1CCC(C(C(N)=O)(c2ccccc2)c2ccccn2)C1. The summed E-state index contributed by atoms with van der Waals surface area (Å²) in [5.74, 6) is -0.197. The van der Waals surface area contributed by atoms with Crippen molar-refractivity contribution in [2.45, 2.75) is 31.7 Å². The third kappa shape index (κ3) is 2.71. The number of rotatable bonds is 5. The van der Waals surface area contributed by atoms with Crippen LogP contribution in [0.25, 0.3) is 0 Å². The number of primary amides is 1. The Hall–Kier alpha value is -2.20. The second kappa shape index (κ2) is 6.73. The molecule has 0 aliphatic carbocycles. The minimum absolute atomic E-state index is 0.120. The number of carbonyl (C=O) groups excluding carboxylic acids is 1. The number of hydrogen-bond acceptors (Lipinski definition) is 3. The van der Waals surface area contributed by atoms with E-state index in [-0.39, 0.29) is 11.8 Å². The summed E-state index contributed by atoms with van der Waals surface area (Å²) in [6.07, 6.45) is 2.68. The first-order valence-electron chi connectivity index (χ1n) is 8.57. The molecular formula is C20H25N3O. The van der Waals surface area contributed by atoms with E-state index in [9.17, 15) is 4.79 Å². The maximum absolute atomic E-state index is 12.8. The number of hydrogen-bond donors (Lipinski definition) is 1. The van der Waals surface area contributed by atoms with Crippen molar-refractivity contribution in [2.75, 3.05) is 13.1 Å². The Bertz CT molecular complexity index is 645. The minimum atomic E-state index is -0.883. The monoisotopic (exact) mass is 323 g/mol. The van der Waals surface area contributed by atoms with E-state index in [1.807, 2.05) is 48.5 Å². The molecule has 1 saturated heterocycles. The Kier molecular flexibility index (Phi) is 4.67. The molecule has 0 bridgehead atoms. The molecule has 1 aromatic heterocycles. The van der Waals surface area contributed by atoms with Gasteiger partial charge in [0, 0.05) is 18.8 Å². The number of amides is 1. The van der Waals surface area contributed by atoms with Crippen molar-refractivity contribution in [1.82, 2.24) is 9.88 Å². The fourth-order valence-corrected chi connectivity index (χ4v) is 3.97. The number of carbonyl (C=O) groups is 1. The van der Waals surface area contributed by atoms with Crippen LogP contribution < -0.4 is 5.73 Å². The molecule has 0 radical (unpaired) electrons. The Morgan fingerprint density at radius 2 is 1.92 bits per heavy atom. The van der Waals surface area contributed by atoms with E-state index in [2.05, 4.69) is 23.7 Å². The molecule has 2 unspecified atom stereocenters. The molecular weight excluding hydrogens is 298 g/mol. The summed E-state index contributed by atoms with van der Waals surface area (Å²) in [4.78, 5) is 19.8. The highest BCUT2D eigenvalue weighted by Crippen LogP contribution is 2.43. The highest BCUT2D eigenvalue weighted by Gasteiger charge is 2.50. The third-order valence-electron chi connectivity index (χ3n) is 5.25. The second-order valence-electron chi connectivity index (χ2n) is 6.83. The molecule has 1 aliphatic heterocycles. The molecule has 4 nitrogen and oxygen atoms in total. The highest BCUT2D eigenvalue weighted by atomic mass is 16.1. The summed E-state index contributed by atoms with van der Waals surface area (Å²) in [7, 11) is 0. The molecule has 0 saturated carbocycles. The lowest BCUT2D eigenvalue weighted by Crippen LogP contribution is -2.50. The fraction of sp³-hybridized carbons (Fsp3) is 0.400. The predicted octanol–water partition coefficient (Wildman–Crippen LogP) is 2.58. The van der Waals surface area contributed by atoms with E-state index in [0.29, 0.717) is 6.04 Å². The molecule has 24 heavy (non-hydrogen) atoms. The summed E-state index contributed by atoms with van der Waals surface area (Å²) in [6.45, 7) is 6.22. The van der Waals surface area contributed by atoms with Crippen molar-refractivity contribution < 1.29 is 4.79 Å². The van der Waals surface area contributed by atoms with Gasteiger partial charge in [0.1, 0.15) is 5.41 Å². The maximum Gasteiger partial charge on any atom is 0.234 e. The first-order chi connectivity index (χ1) is 11.6. The molecule has 3 rings (SSSR count). The first-order valence-corrected chi connectivity index (χ1v) is 8.57. The lowest BCUT2D eigenvalue weighted by Gasteiger charge is -2.36. The zero-order valence-corrected chi connectivity index (χ0v) is 14.4. The number of aromatic nitrogens is 1. The fourth-order valence-electron chi connectivity index (χ4n) is 3.97. The van der Waals surface area contributed by atoms with Crippen LogP contribution in [0.3, 0.4) is 0 Å². The van der Waals surface area contributed by atoms with Gasteiger partial charge in [0.15, 0.2) is 0 Å². The minimum Gasteiger partial charge on any atom is -0.369 e. The van der Waals surface area contributed by atoms with Crippen LogP contribution in [0.1, 0.15) is 31.5 Å². The summed E-state index contributed by atoms with van der Waals surface area (Å²) in [5, 5.41) is 0. The van der Waals surface area contributed by atoms with Crippen LogP contribution in [0.5, 0.6) is 0 Å². The molecule has 2 heterocycles. The van der Waals surface area contributed by atoms with Crippen LogP contribution in [0, 0.1) is 5.92 Å². The van der Waals surface area contributed by atoms with E-state index in [1.54, 1.807) is 6.20 Å². The standard InChI is InChI=1S/C20H25N3O/c1-15(2)23-13-11-17(14-23)20(19(21)24,16-8-4-3-5-9-16)18-10-6-7-12-22-18/h3-10,12,15,17H,11,13-14H2,1-2H3,(H2,21,24). The number of pyridine rings is 1. The van der Waals surface area contributed by atoms with E-state index < -0.39 is 5.41 Å². The summed E-state index contributed by atoms with van der Waals surface area (Å²) < 4.78 is 0. The van der Waals surface area contributed by atoms with Gasteiger partial charge in [0.05, 0.1) is 5.69 Å². The Morgan fingerprint density at radius 3 is 2.46 bits per heavy atom. The quantitative estimate of drug-likeness (QED) is 0.920. The molecule has 1 aliphatic rings. The van der Waals surface area contributed by atoms with E-state index in [1.165, 1.54) is 0 Å². The van der Waals surface area contributed by atoms with Crippen LogP contribution in [0.2, 0.25) is 0 Å². The highest BCUT2D eigenvalue weighted by molar-refractivity contribution is 5.90. The summed E-state index contributed by atoms with van der Waals surface area (Å²) in [5.41, 5.74) is 6.84. The average molecular weight is 323 g/mol. The van der Waals surface area contributed by atoms with Gasteiger partial charge in [-0.05, 0) is 50.4 Å². The molecule has 2 aromatic rings. The van der Waals surface area contributed by atoms with Gasteiger partial charge in [-0.15, -0.1) is 0 Å². The van der Waals surface area contributed by atoms with Gasteiger partial charge in [0.2, 0.25) is 5.91 Å². The summed E-state index contributed by atoms with van der Waals surface area (Å²) in [6, 6.07) is 16.1. The van der Waals surface area contributed by atoms with Crippen LogP contribution >= 0.6 is 0 Å². The third-order valence-corrected chi connectivity index (χ3v) is 5.25. The van der Waals surface area contributed by atoms with Gasteiger partial charge in [-0.2, -0.15) is 0 Å². The van der Waals surface area contributed by atoms with E-state index >= 15 is 0 Å². The number of nitrogens with zero attached hydrogens (tertiary/aromatic N) is 2. The van der Waals surface area contributed by atoms with Crippen LogP contribution in [0.4, 0.5) is 0 Å². The molecule has 1 fully saturated rings. The second-order valence-corrected chi connectivity index (χ2v) is 6.83. The van der Waals surface area contributed by atoms with Crippen molar-refractivity contribution in [2.24, 2.45) is 11.7 Å². The number of likely N-dealkylation sites (tertiary alicyclic amines) is 1. The lowest BCUT2D eigenvalue weighted by atomic mass is 9.66. The molecule has 4 heteroatoms. The number of benzene rings is 1. The van der Waals surface area contributed by atoms with E-state index in [4.69, 9.17) is 5.73 Å². The topological polar surface area (TPSA) is 59.2 Å². The molecule has 2 N–H and O–H groups in total. The average Bonchev–Trinajstić information content (AvgIpc) is 3.08. The Balaban J connectivity index is 2.15. The first kappa shape index (κ1) is 16.7. The van der Waals surface area contributed by atoms with Gasteiger partial charge < -0.3 is 10.6 Å². The zero-order chi connectivity index (χ0) is 17.2. The van der Waals surface area contributed by atoms with Crippen molar-refractivity contribution in [3.8, 4) is 0 Å². The van der Waals surface area contributed by atoms with Crippen LogP contribution in [-0.2, 0) is 10.2 Å². The van der Waals surface area contributed by atoms with Gasteiger partial charge in [-0.1, -0.05) is 36.4 Å². The molecule has 0 spiro atoms. The van der Waals surface area contributed by atoms with Gasteiger partial charge in [0.25, 0.3) is 0 Å². The van der Waals surface area contributed by atoms with Crippen molar-refractivity contribution in [1.29, 1.82) is 0 Å². The molecule has 1 aromatic carbocycles. The molecule has 126 valence electrons. The van der Waals surface area contributed by atoms with Gasteiger partial charge >= 0.3 is 0 Å². The zero-order valence-electron chi connectivity index (χ0n) is 14.4. The van der Waals surface area contributed by atoms with Crippen LogP contribution in [0.15, 0.2) is 54.7 Å². The van der Waals surface area contributed by atoms with Crippen molar-refractivity contribution >= 4 is 5.91 Å². The Morgan fingerprint density at radius 1 is 1.21 bits per heavy atom. The maximum atomic E-state index is 12.8. The molecule has 1 amide bonds. The van der Waals surface area contributed by atoms with E-state index in [0.717, 1.165) is 30.8 Å². The molecule has 2 atom stereocenters. The Labute approximate surface area is 143 Å². The number of nitrogens with two attached hydrogens (primary N) is 1. The van der Waals surface area contributed by atoms with Gasteiger partial charge in [-0.25, -0.2) is 0 Å². The summed E-state index contributed by atoms with van der Waals surface area (Å²) >= 11 is 0. The van der Waals surface area contributed by atoms with Crippen molar-refractivity contribution in [3.63, 3.8) is 0 Å². The smallest absolute Gasteiger partial charge is 0.234 e. The van der Waals surface area contributed by atoms with Crippen LogP contribution in [-0.4, -0.2) is 34.9 Å². The van der Waals surface area contributed by atoms with Gasteiger partial charge in [-0.3, -0.25) is 9.78 Å². The normalized spacial score (nSPS) is 20.9. The van der Waals surface area contributed by atoms with Crippen molar-refractivity contribution in [3.05, 3.63) is 66.0 Å². The predicted molar refractivity (Wildman–Crippen MR) is 95.5 cm³/mol. The lowest BCUT2D eigenvalue weighted by molar-refractivity contribution is -0.124. The largest absolute Gasteiger partial charge is 0.369 e.